The zero-order valence-corrected chi connectivity index (χ0v) is 17.2. The van der Waals surface area contributed by atoms with Gasteiger partial charge in [0.2, 0.25) is 5.95 Å². The van der Waals surface area contributed by atoms with Gasteiger partial charge in [-0.3, -0.25) is 4.79 Å². The lowest BCUT2D eigenvalue weighted by Gasteiger charge is -2.31. The summed E-state index contributed by atoms with van der Waals surface area (Å²) in [6, 6.07) is 9.55. The van der Waals surface area contributed by atoms with Crippen LogP contribution in [-0.4, -0.2) is 46.0 Å². The Balaban J connectivity index is 1.43. The normalized spacial score (nSPS) is 16.5. The maximum Gasteiger partial charge on any atom is 0.272 e. The predicted octanol–water partition coefficient (Wildman–Crippen LogP) is 2.97. The average molecular weight is 407 g/mol. The highest BCUT2D eigenvalue weighted by atomic mass is 16.5. The number of likely N-dealkylation sites (tertiary alicyclic amines) is 1. The highest BCUT2D eigenvalue weighted by Gasteiger charge is 2.29. The third-order valence-electron chi connectivity index (χ3n) is 5.26. The van der Waals surface area contributed by atoms with E-state index in [1.54, 1.807) is 31.2 Å². The minimum absolute atomic E-state index is 0.0626. The smallest absolute Gasteiger partial charge is 0.272 e. The van der Waals surface area contributed by atoms with E-state index in [0.29, 0.717) is 36.8 Å². The van der Waals surface area contributed by atoms with Crippen molar-refractivity contribution in [3.05, 3.63) is 65.1 Å². The molecular weight excluding hydrogens is 382 g/mol. The van der Waals surface area contributed by atoms with Gasteiger partial charge >= 0.3 is 0 Å². The first kappa shape index (κ1) is 19.9. The number of rotatable bonds is 5. The number of methoxy groups -OCH3 is 1. The van der Waals surface area contributed by atoms with Crippen LogP contribution in [0.15, 0.2) is 40.9 Å². The fourth-order valence-electron chi connectivity index (χ4n) is 3.76. The van der Waals surface area contributed by atoms with Crippen molar-refractivity contribution >= 4 is 11.9 Å². The number of hydrogen-bond donors (Lipinski definition) is 1. The number of nitrogen functional groups attached to an aromatic ring is 1. The molecular formula is C22H25N5O3. The van der Waals surface area contributed by atoms with Gasteiger partial charge in [0.1, 0.15) is 17.2 Å². The Kier molecular flexibility index (Phi) is 5.65. The van der Waals surface area contributed by atoms with Crippen molar-refractivity contribution in [1.82, 2.24) is 19.9 Å². The molecule has 3 heterocycles. The second-order valence-electron chi connectivity index (χ2n) is 7.53. The van der Waals surface area contributed by atoms with Crippen molar-refractivity contribution in [2.24, 2.45) is 0 Å². The van der Waals surface area contributed by atoms with E-state index in [9.17, 15) is 4.79 Å². The van der Waals surface area contributed by atoms with Gasteiger partial charge in [-0.05, 0) is 43.5 Å². The fourth-order valence-corrected chi connectivity index (χ4v) is 3.76. The number of benzene rings is 1. The van der Waals surface area contributed by atoms with Crippen LogP contribution in [-0.2, 0) is 6.42 Å². The monoisotopic (exact) mass is 407 g/mol. The molecule has 8 heteroatoms. The lowest BCUT2D eigenvalue weighted by molar-refractivity contribution is 0.0691. The van der Waals surface area contributed by atoms with Gasteiger partial charge in [-0.15, -0.1) is 0 Å². The molecule has 8 nitrogen and oxygen atoms in total. The molecule has 0 bridgehead atoms. The van der Waals surface area contributed by atoms with Crippen molar-refractivity contribution in [1.29, 1.82) is 0 Å². The fraction of sp³-hybridized carbons (Fsp3) is 0.364. The second kappa shape index (κ2) is 8.52. The van der Waals surface area contributed by atoms with Crippen LogP contribution in [0.4, 0.5) is 5.95 Å². The maximum atomic E-state index is 12.9. The van der Waals surface area contributed by atoms with E-state index in [1.165, 1.54) is 0 Å². The van der Waals surface area contributed by atoms with Crippen LogP contribution in [0.3, 0.4) is 0 Å². The van der Waals surface area contributed by atoms with Gasteiger partial charge < -0.3 is 19.8 Å². The van der Waals surface area contributed by atoms with Gasteiger partial charge in [-0.1, -0.05) is 12.1 Å². The Morgan fingerprint density at radius 3 is 2.83 bits per heavy atom. The molecule has 1 amide bonds. The lowest BCUT2D eigenvalue weighted by Crippen LogP contribution is -2.39. The Bertz CT molecular complexity index is 1010. The summed E-state index contributed by atoms with van der Waals surface area (Å²) in [5.74, 6) is 2.34. The molecule has 1 aliphatic heterocycles. The predicted molar refractivity (Wildman–Crippen MR) is 111 cm³/mol. The van der Waals surface area contributed by atoms with Crippen LogP contribution in [0.1, 0.15) is 52.2 Å². The number of aromatic nitrogens is 3. The topological polar surface area (TPSA) is 107 Å². The summed E-state index contributed by atoms with van der Waals surface area (Å²) in [6.45, 7) is 3.02. The van der Waals surface area contributed by atoms with Gasteiger partial charge in [0.25, 0.3) is 5.91 Å². The van der Waals surface area contributed by atoms with E-state index >= 15 is 0 Å². The lowest BCUT2D eigenvalue weighted by atomic mass is 9.97. The van der Waals surface area contributed by atoms with Gasteiger partial charge in [-0.2, -0.15) is 0 Å². The van der Waals surface area contributed by atoms with E-state index in [4.69, 9.17) is 14.9 Å². The maximum absolute atomic E-state index is 12.9. The standard InChI is InChI=1S/C22H25N5O3/c1-14-10-19(26-22(23)25-14)21(28)27-9-3-4-16(13-27)20-24-12-18(30-20)11-15-5-7-17(29-2)8-6-15/h5-8,10,12,16H,3-4,9,11,13H2,1-2H3,(H2,23,25,26). The molecule has 0 aliphatic carbocycles. The van der Waals surface area contributed by atoms with E-state index < -0.39 is 0 Å². The summed E-state index contributed by atoms with van der Waals surface area (Å²) in [5, 5.41) is 0. The van der Waals surface area contributed by atoms with Crippen LogP contribution >= 0.6 is 0 Å². The number of ether oxygens (including phenoxy) is 1. The summed E-state index contributed by atoms with van der Waals surface area (Å²) >= 11 is 0. The van der Waals surface area contributed by atoms with Crippen molar-refractivity contribution < 1.29 is 13.9 Å². The SMILES string of the molecule is COc1ccc(Cc2cnc(C3CCCN(C(=O)c4cc(C)nc(N)n4)C3)o2)cc1. The molecule has 0 saturated carbocycles. The Hall–Kier alpha value is -3.42. The largest absolute Gasteiger partial charge is 0.497 e. The number of hydrogen-bond acceptors (Lipinski definition) is 7. The Labute approximate surface area is 175 Å². The first-order valence-electron chi connectivity index (χ1n) is 10.00. The summed E-state index contributed by atoms with van der Waals surface area (Å²) in [6.07, 6.45) is 4.24. The summed E-state index contributed by atoms with van der Waals surface area (Å²) in [4.78, 5) is 27.3. The zero-order chi connectivity index (χ0) is 21.1. The molecule has 0 spiro atoms. The minimum Gasteiger partial charge on any atom is -0.497 e. The van der Waals surface area contributed by atoms with E-state index in [1.807, 2.05) is 24.3 Å². The van der Waals surface area contributed by atoms with Crippen molar-refractivity contribution in [2.75, 3.05) is 25.9 Å². The molecule has 1 aliphatic rings. The summed E-state index contributed by atoms with van der Waals surface area (Å²) in [7, 11) is 1.65. The minimum atomic E-state index is -0.137. The number of carbonyl (C=O) groups is 1. The molecule has 2 aromatic heterocycles. The molecule has 1 saturated heterocycles. The molecule has 1 atom stereocenters. The molecule has 30 heavy (non-hydrogen) atoms. The number of carbonyl (C=O) groups excluding carboxylic acids is 1. The van der Waals surface area contributed by atoms with Crippen LogP contribution in [0.25, 0.3) is 0 Å². The average Bonchev–Trinajstić information content (AvgIpc) is 3.22. The highest BCUT2D eigenvalue weighted by molar-refractivity contribution is 5.92. The van der Waals surface area contributed by atoms with E-state index in [-0.39, 0.29) is 17.8 Å². The molecule has 1 fully saturated rings. The first-order chi connectivity index (χ1) is 14.5. The Morgan fingerprint density at radius 2 is 2.10 bits per heavy atom. The third-order valence-corrected chi connectivity index (χ3v) is 5.26. The number of nitrogens with zero attached hydrogens (tertiary/aromatic N) is 4. The second-order valence-corrected chi connectivity index (χ2v) is 7.53. The molecule has 2 N–H and O–H groups in total. The summed E-state index contributed by atoms with van der Waals surface area (Å²) < 4.78 is 11.2. The highest BCUT2D eigenvalue weighted by Crippen LogP contribution is 2.28. The molecule has 4 rings (SSSR count). The number of nitrogens with two attached hydrogens (primary N) is 1. The van der Waals surface area contributed by atoms with Gasteiger partial charge in [0, 0.05) is 25.2 Å². The zero-order valence-electron chi connectivity index (χ0n) is 17.2. The van der Waals surface area contributed by atoms with Crippen molar-refractivity contribution in [3.8, 4) is 5.75 Å². The molecule has 0 radical (unpaired) electrons. The van der Waals surface area contributed by atoms with Gasteiger partial charge in [-0.25, -0.2) is 15.0 Å². The van der Waals surface area contributed by atoms with Crippen LogP contribution in [0, 0.1) is 6.92 Å². The van der Waals surface area contributed by atoms with Crippen LogP contribution in [0.5, 0.6) is 5.75 Å². The molecule has 1 aromatic carbocycles. The third kappa shape index (κ3) is 4.42. The number of aryl methyl sites for hydroxylation is 1. The van der Waals surface area contributed by atoms with Crippen molar-refractivity contribution in [3.63, 3.8) is 0 Å². The van der Waals surface area contributed by atoms with Crippen LogP contribution < -0.4 is 10.5 Å². The van der Waals surface area contributed by atoms with Crippen LogP contribution in [0.2, 0.25) is 0 Å². The quantitative estimate of drug-likeness (QED) is 0.693. The van der Waals surface area contributed by atoms with E-state index in [0.717, 1.165) is 29.9 Å². The van der Waals surface area contributed by atoms with Crippen molar-refractivity contribution in [2.45, 2.75) is 32.1 Å². The van der Waals surface area contributed by atoms with E-state index in [2.05, 4.69) is 15.0 Å². The molecule has 156 valence electrons. The first-order valence-corrected chi connectivity index (χ1v) is 10.00. The number of oxazole rings is 1. The Morgan fingerprint density at radius 1 is 1.30 bits per heavy atom. The molecule has 3 aromatic rings. The van der Waals surface area contributed by atoms with Gasteiger partial charge in [0.15, 0.2) is 5.89 Å². The number of amides is 1. The number of piperidine rings is 1. The number of anilines is 1. The summed E-state index contributed by atoms with van der Waals surface area (Å²) in [5.41, 5.74) is 7.83. The van der Waals surface area contributed by atoms with Gasteiger partial charge in [0.05, 0.1) is 19.2 Å². The molecule has 1 unspecified atom stereocenters.